The fraction of sp³-hybridized carbons (Fsp3) is 0.733. The zero-order valence-corrected chi connectivity index (χ0v) is 12.3. The third kappa shape index (κ3) is 2.95. The maximum absolute atomic E-state index is 3.71. The summed E-state index contributed by atoms with van der Waals surface area (Å²) in [6.45, 7) is 8.26. The summed E-state index contributed by atoms with van der Waals surface area (Å²) < 4.78 is 0. The van der Waals surface area contributed by atoms with Gasteiger partial charge in [0, 0.05) is 36.1 Å². The second kappa shape index (κ2) is 4.95. The van der Waals surface area contributed by atoms with Crippen molar-refractivity contribution in [2.24, 2.45) is 5.92 Å². The molecule has 0 aromatic carbocycles. The SMILES string of the molecule is CC1(C)CN(CCc2cccs2)C(C2CC2)CN1. The predicted molar refractivity (Wildman–Crippen MR) is 78.2 cm³/mol. The van der Waals surface area contributed by atoms with Gasteiger partial charge in [0.1, 0.15) is 0 Å². The minimum Gasteiger partial charge on any atom is -0.309 e. The second-order valence-electron chi connectivity index (χ2n) is 6.47. The van der Waals surface area contributed by atoms with Gasteiger partial charge in [-0.15, -0.1) is 11.3 Å². The van der Waals surface area contributed by atoms with Crippen molar-refractivity contribution >= 4 is 11.3 Å². The maximum atomic E-state index is 3.71. The quantitative estimate of drug-likeness (QED) is 0.899. The van der Waals surface area contributed by atoms with E-state index in [1.807, 2.05) is 11.3 Å². The zero-order chi connectivity index (χ0) is 12.6. The molecule has 1 unspecified atom stereocenters. The molecule has 0 radical (unpaired) electrons. The van der Waals surface area contributed by atoms with Crippen molar-refractivity contribution in [3.8, 4) is 0 Å². The van der Waals surface area contributed by atoms with Crippen LogP contribution in [-0.2, 0) is 6.42 Å². The second-order valence-corrected chi connectivity index (χ2v) is 7.50. The van der Waals surface area contributed by atoms with Gasteiger partial charge >= 0.3 is 0 Å². The topological polar surface area (TPSA) is 15.3 Å². The van der Waals surface area contributed by atoms with E-state index in [1.165, 1.54) is 43.8 Å². The number of hydrogen-bond donors (Lipinski definition) is 1. The molecule has 2 fully saturated rings. The van der Waals surface area contributed by atoms with Crippen LogP contribution in [0.3, 0.4) is 0 Å². The van der Waals surface area contributed by atoms with E-state index in [2.05, 4.69) is 41.6 Å². The summed E-state index contributed by atoms with van der Waals surface area (Å²) in [5, 5.41) is 5.90. The number of nitrogens with one attached hydrogen (secondary N) is 1. The molecule has 100 valence electrons. The van der Waals surface area contributed by atoms with Crippen molar-refractivity contribution in [3.63, 3.8) is 0 Å². The summed E-state index contributed by atoms with van der Waals surface area (Å²) in [5.74, 6) is 0.969. The van der Waals surface area contributed by atoms with Gasteiger partial charge < -0.3 is 5.32 Å². The predicted octanol–water partition coefficient (Wildman–Crippen LogP) is 2.75. The molecule has 0 amide bonds. The lowest BCUT2D eigenvalue weighted by atomic mass is 9.96. The average molecular weight is 264 g/mol. The van der Waals surface area contributed by atoms with Gasteiger partial charge in [-0.25, -0.2) is 0 Å². The van der Waals surface area contributed by atoms with Crippen molar-refractivity contribution in [3.05, 3.63) is 22.4 Å². The van der Waals surface area contributed by atoms with Gasteiger partial charge in [0.05, 0.1) is 0 Å². The zero-order valence-electron chi connectivity index (χ0n) is 11.5. The molecule has 1 aromatic rings. The molecule has 1 N–H and O–H groups in total. The van der Waals surface area contributed by atoms with Crippen molar-refractivity contribution in [1.29, 1.82) is 0 Å². The maximum Gasteiger partial charge on any atom is 0.0252 e. The van der Waals surface area contributed by atoms with Crippen LogP contribution < -0.4 is 5.32 Å². The Labute approximate surface area is 114 Å². The Morgan fingerprint density at radius 3 is 2.94 bits per heavy atom. The lowest BCUT2D eigenvalue weighted by Crippen LogP contribution is -2.62. The molecule has 18 heavy (non-hydrogen) atoms. The Hall–Kier alpha value is -0.380. The Balaban J connectivity index is 1.62. The smallest absolute Gasteiger partial charge is 0.0252 e. The molecule has 2 nitrogen and oxygen atoms in total. The van der Waals surface area contributed by atoms with Gasteiger partial charge in [0.15, 0.2) is 0 Å². The highest BCUT2D eigenvalue weighted by atomic mass is 32.1. The van der Waals surface area contributed by atoms with Crippen LogP contribution in [0.4, 0.5) is 0 Å². The third-order valence-electron chi connectivity index (χ3n) is 4.25. The molecule has 1 atom stereocenters. The molecule has 2 aliphatic rings. The summed E-state index contributed by atoms with van der Waals surface area (Å²) >= 11 is 1.89. The normalized spacial score (nSPS) is 28.4. The van der Waals surface area contributed by atoms with E-state index in [-0.39, 0.29) is 5.54 Å². The Bertz CT molecular complexity index is 381. The van der Waals surface area contributed by atoms with Gasteiger partial charge in [-0.1, -0.05) is 6.07 Å². The van der Waals surface area contributed by atoms with E-state index in [9.17, 15) is 0 Å². The molecule has 0 bridgehead atoms. The Kier molecular flexibility index (Phi) is 3.48. The highest BCUT2D eigenvalue weighted by molar-refractivity contribution is 7.09. The molecule has 3 rings (SSSR count). The first-order valence-corrected chi connectivity index (χ1v) is 8.03. The molecular weight excluding hydrogens is 240 g/mol. The molecule has 1 aliphatic heterocycles. The van der Waals surface area contributed by atoms with E-state index < -0.39 is 0 Å². The summed E-state index contributed by atoms with van der Waals surface area (Å²) in [7, 11) is 0. The molecule has 0 spiro atoms. The molecular formula is C15H24N2S. The van der Waals surface area contributed by atoms with Crippen LogP contribution in [0.2, 0.25) is 0 Å². The van der Waals surface area contributed by atoms with Crippen LogP contribution in [0, 0.1) is 5.92 Å². The first kappa shape index (κ1) is 12.6. The van der Waals surface area contributed by atoms with E-state index in [0.717, 1.165) is 12.0 Å². The van der Waals surface area contributed by atoms with Gasteiger partial charge in [-0.2, -0.15) is 0 Å². The molecule has 1 saturated carbocycles. The van der Waals surface area contributed by atoms with Crippen LogP contribution in [0.5, 0.6) is 0 Å². The van der Waals surface area contributed by atoms with Crippen molar-refractivity contribution in [2.75, 3.05) is 19.6 Å². The van der Waals surface area contributed by atoms with E-state index in [0.29, 0.717) is 0 Å². The van der Waals surface area contributed by atoms with Crippen molar-refractivity contribution in [2.45, 2.75) is 44.7 Å². The fourth-order valence-electron chi connectivity index (χ4n) is 3.09. The molecule has 2 heterocycles. The minimum absolute atomic E-state index is 0.279. The van der Waals surface area contributed by atoms with Crippen LogP contribution in [-0.4, -0.2) is 36.1 Å². The average Bonchev–Trinajstić information content (AvgIpc) is 3.02. The third-order valence-corrected chi connectivity index (χ3v) is 5.18. The Morgan fingerprint density at radius 2 is 2.28 bits per heavy atom. The number of thiophene rings is 1. The van der Waals surface area contributed by atoms with Gasteiger partial charge in [-0.3, -0.25) is 4.90 Å². The van der Waals surface area contributed by atoms with Gasteiger partial charge in [0.2, 0.25) is 0 Å². The molecule has 1 saturated heterocycles. The number of rotatable bonds is 4. The monoisotopic (exact) mass is 264 g/mol. The van der Waals surface area contributed by atoms with Crippen LogP contribution in [0.1, 0.15) is 31.6 Å². The van der Waals surface area contributed by atoms with Crippen LogP contribution in [0.15, 0.2) is 17.5 Å². The standard InChI is InChI=1S/C15H24N2S/c1-15(2)11-17(8-7-13-4-3-9-18-13)14(10-16-15)12-5-6-12/h3-4,9,12,14,16H,5-8,10-11H2,1-2H3. The molecule has 1 aromatic heterocycles. The first-order chi connectivity index (χ1) is 8.64. The van der Waals surface area contributed by atoms with Crippen molar-refractivity contribution < 1.29 is 0 Å². The number of nitrogens with zero attached hydrogens (tertiary/aromatic N) is 1. The van der Waals surface area contributed by atoms with Crippen molar-refractivity contribution in [1.82, 2.24) is 10.2 Å². The fourth-order valence-corrected chi connectivity index (χ4v) is 3.79. The Morgan fingerprint density at radius 1 is 1.44 bits per heavy atom. The van der Waals surface area contributed by atoms with E-state index >= 15 is 0 Å². The lowest BCUT2D eigenvalue weighted by Gasteiger charge is -2.45. The lowest BCUT2D eigenvalue weighted by molar-refractivity contribution is 0.0841. The summed E-state index contributed by atoms with van der Waals surface area (Å²) in [6.07, 6.45) is 4.11. The summed E-state index contributed by atoms with van der Waals surface area (Å²) in [5.41, 5.74) is 0.279. The highest BCUT2D eigenvalue weighted by Crippen LogP contribution is 2.37. The highest BCUT2D eigenvalue weighted by Gasteiger charge is 2.40. The van der Waals surface area contributed by atoms with Gasteiger partial charge in [0.25, 0.3) is 0 Å². The van der Waals surface area contributed by atoms with Crippen LogP contribution >= 0.6 is 11.3 Å². The summed E-state index contributed by atoms with van der Waals surface area (Å²) in [4.78, 5) is 4.27. The minimum atomic E-state index is 0.279. The number of hydrogen-bond acceptors (Lipinski definition) is 3. The van der Waals surface area contributed by atoms with E-state index in [1.54, 1.807) is 0 Å². The largest absolute Gasteiger partial charge is 0.309 e. The molecule has 3 heteroatoms. The summed E-state index contributed by atoms with van der Waals surface area (Å²) in [6, 6.07) is 5.22. The van der Waals surface area contributed by atoms with Crippen LogP contribution in [0.25, 0.3) is 0 Å². The first-order valence-electron chi connectivity index (χ1n) is 7.15. The van der Waals surface area contributed by atoms with Gasteiger partial charge in [-0.05, 0) is 50.5 Å². The van der Waals surface area contributed by atoms with E-state index in [4.69, 9.17) is 0 Å². The molecule has 1 aliphatic carbocycles. The number of piperazine rings is 1.